The quantitative estimate of drug-likeness (QED) is 0.786. The molecule has 3 nitrogen and oxygen atoms in total. The van der Waals surface area contributed by atoms with Crippen molar-refractivity contribution >= 4 is 40.9 Å². The van der Waals surface area contributed by atoms with Crippen LogP contribution in [0.4, 0.5) is 0 Å². The first kappa shape index (κ1) is 16.0. The lowest BCUT2D eigenvalue weighted by atomic mass is 10.1. The Bertz CT molecular complexity index is 476. The lowest BCUT2D eigenvalue weighted by molar-refractivity contribution is -0.130. The molecule has 6 heteroatoms. The van der Waals surface area contributed by atoms with Gasteiger partial charge in [-0.3, -0.25) is 4.79 Å². The van der Waals surface area contributed by atoms with Crippen LogP contribution in [0.1, 0.15) is 12.8 Å². The minimum absolute atomic E-state index is 0.139. The van der Waals surface area contributed by atoms with Crippen molar-refractivity contribution in [1.82, 2.24) is 4.90 Å². The van der Waals surface area contributed by atoms with Gasteiger partial charge in [0.2, 0.25) is 5.91 Å². The molecule has 0 spiro atoms. The van der Waals surface area contributed by atoms with Gasteiger partial charge in [-0.1, -0.05) is 23.2 Å². The maximum Gasteiger partial charge on any atom is 0.232 e. The van der Waals surface area contributed by atoms with Gasteiger partial charge in [-0.15, -0.1) is 11.8 Å². The zero-order chi connectivity index (χ0) is 14.5. The number of likely N-dealkylation sites (tertiary alicyclic amines) is 1. The Labute approximate surface area is 133 Å². The monoisotopic (exact) mass is 333 g/mol. The molecule has 1 heterocycles. The summed E-state index contributed by atoms with van der Waals surface area (Å²) >= 11 is 13.4. The van der Waals surface area contributed by atoms with Crippen LogP contribution in [0.3, 0.4) is 0 Å². The predicted molar refractivity (Wildman–Crippen MR) is 83.8 cm³/mol. The number of rotatable bonds is 4. The fourth-order valence-electron chi connectivity index (χ4n) is 2.16. The van der Waals surface area contributed by atoms with E-state index in [1.54, 1.807) is 25.3 Å². The topological polar surface area (TPSA) is 29.5 Å². The smallest absolute Gasteiger partial charge is 0.232 e. The first-order valence-electron chi connectivity index (χ1n) is 6.48. The third kappa shape index (κ3) is 4.29. The van der Waals surface area contributed by atoms with Crippen LogP contribution in [0, 0.1) is 0 Å². The zero-order valence-corrected chi connectivity index (χ0v) is 13.6. The summed E-state index contributed by atoms with van der Waals surface area (Å²) in [7, 11) is 1.72. The van der Waals surface area contributed by atoms with E-state index < -0.39 is 0 Å². The van der Waals surface area contributed by atoms with Crippen LogP contribution in [-0.4, -0.2) is 42.9 Å². The van der Waals surface area contributed by atoms with E-state index in [0.717, 1.165) is 30.8 Å². The standard InChI is InChI=1S/C14H17Cl2NO2S/c1-19-11-4-6-17(7-5-11)14(18)9-20-13-8-10(15)2-3-12(13)16/h2-3,8,11H,4-7,9H2,1H3. The van der Waals surface area contributed by atoms with Gasteiger partial charge in [0, 0.05) is 30.1 Å². The third-order valence-corrected chi connectivity index (χ3v) is 5.09. The number of amides is 1. The van der Waals surface area contributed by atoms with Gasteiger partial charge in [-0.2, -0.15) is 0 Å². The molecule has 0 saturated carbocycles. The number of ether oxygens (including phenoxy) is 1. The molecule has 110 valence electrons. The molecule has 0 N–H and O–H groups in total. The van der Waals surface area contributed by atoms with E-state index in [-0.39, 0.29) is 12.0 Å². The Balaban J connectivity index is 1.85. The van der Waals surface area contributed by atoms with Gasteiger partial charge in [0.25, 0.3) is 0 Å². The van der Waals surface area contributed by atoms with Crippen LogP contribution < -0.4 is 0 Å². The molecule has 0 unspecified atom stereocenters. The molecule has 0 atom stereocenters. The van der Waals surface area contributed by atoms with E-state index in [2.05, 4.69) is 0 Å². The molecular formula is C14H17Cl2NO2S. The van der Waals surface area contributed by atoms with Gasteiger partial charge in [-0.25, -0.2) is 0 Å². The SMILES string of the molecule is COC1CCN(C(=O)CSc2cc(Cl)ccc2Cl)CC1. The molecule has 1 aliphatic heterocycles. The molecule has 0 aromatic heterocycles. The predicted octanol–water partition coefficient (Wildman–Crippen LogP) is 3.72. The number of thioether (sulfide) groups is 1. The number of carbonyl (C=O) groups is 1. The molecule has 20 heavy (non-hydrogen) atoms. The van der Waals surface area contributed by atoms with Crippen LogP contribution in [-0.2, 0) is 9.53 Å². The first-order valence-corrected chi connectivity index (χ1v) is 8.22. The molecule has 0 bridgehead atoms. The summed E-state index contributed by atoms with van der Waals surface area (Å²) in [6.07, 6.45) is 2.10. The van der Waals surface area contributed by atoms with Crippen molar-refractivity contribution in [2.75, 3.05) is 26.0 Å². The van der Waals surface area contributed by atoms with Gasteiger partial charge in [0.15, 0.2) is 0 Å². The average Bonchev–Trinajstić information content (AvgIpc) is 2.48. The van der Waals surface area contributed by atoms with E-state index in [4.69, 9.17) is 27.9 Å². The number of methoxy groups -OCH3 is 1. The lowest BCUT2D eigenvalue weighted by Crippen LogP contribution is -2.41. The molecule has 0 aliphatic carbocycles. The van der Waals surface area contributed by atoms with Gasteiger partial charge in [0.05, 0.1) is 16.9 Å². The van der Waals surface area contributed by atoms with E-state index >= 15 is 0 Å². The van der Waals surface area contributed by atoms with Crippen LogP contribution in [0.25, 0.3) is 0 Å². The van der Waals surface area contributed by atoms with E-state index in [9.17, 15) is 4.79 Å². The van der Waals surface area contributed by atoms with Crippen molar-refractivity contribution in [2.45, 2.75) is 23.8 Å². The van der Waals surface area contributed by atoms with Crippen molar-refractivity contribution in [2.24, 2.45) is 0 Å². The number of hydrogen-bond acceptors (Lipinski definition) is 3. The van der Waals surface area contributed by atoms with Gasteiger partial charge < -0.3 is 9.64 Å². The summed E-state index contributed by atoms with van der Waals surface area (Å²) < 4.78 is 5.30. The maximum absolute atomic E-state index is 12.2. The number of nitrogens with zero attached hydrogens (tertiary/aromatic N) is 1. The third-order valence-electron chi connectivity index (χ3n) is 3.37. The van der Waals surface area contributed by atoms with Crippen molar-refractivity contribution in [3.8, 4) is 0 Å². The molecule has 1 aromatic carbocycles. The Hall–Kier alpha value is -0.420. The minimum atomic E-state index is 0.139. The van der Waals surface area contributed by atoms with E-state index in [0.29, 0.717) is 15.8 Å². The van der Waals surface area contributed by atoms with Crippen molar-refractivity contribution in [1.29, 1.82) is 0 Å². The van der Waals surface area contributed by atoms with Gasteiger partial charge in [-0.05, 0) is 31.0 Å². The van der Waals surface area contributed by atoms with E-state index in [1.165, 1.54) is 11.8 Å². The maximum atomic E-state index is 12.2. The summed E-state index contributed by atoms with van der Waals surface area (Å²) in [5.41, 5.74) is 0. The van der Waals surface area contributed by atoms with Gasteiger partial charge in [0.1, 0.15) is 0 Å². The lowest BCUT2D eigenvalue weighted by Gasteiger charge is -2.31. The number of hydrogen-bond donors (Lipinski definition) is 0. The molecule has 1 saturated heterocycles. The minimum Gasteiger partial charge on any atom is -0.381 e. The molecule has 1 amide bonds. The summed E-state index contributed by atoms with van der Waals surface area (Å²) in [5.74, 6) is 0.526. The fourth-order valence-corrected chi connectivity index (χ4v) is 3.56. The van der Waals surface area contributed by atoms with Crippen molar-refractivity contribution in [3.05, 3.63) is 28.2 Å². The van der Waals surface area contributed by atoms with Crippen LogP contribution in [0.5, 0.6) is 0 Å². The molecule has 0 radical (unpaired) electrons. The zero-order valence-electron chi connectivity index (χ0n) is 11.3. The summed E-state index contributed by atoms with van der Waals surface area (Å²) in [5, 5.41) is 1.26. The summed E-state index contributed by atoms with van der Waals surface area (Å²) in [6.45, 7) is 1.53. The average molecular weight is 334 g/mol. The van der Waals surface area contributed by atoms with Gasteiger partial charge >= 0.3 is 0 Å². The van der Waals surface area contributed by atoms with Crippen molar-refractivity contribution < 1.29 is 9.53 Å². The Morgan fingerprint density at radius 2 is 2.10 bits per heavy atom. The fraction of sp³-hybridized carbons (Fsp3) is 0.500. The number of carbonyl (C=O) groups excluding carboxylic acids is 1. The second-order valence-corrected chi connectivity index (χ2v) is 6.54. The highest BCUT2D eigenvalue weighted by atomic mass is 35.5. The largest absolute Gasteiger partial charge is 0.381 e. The molecule has 1 aliphatic rings. The highest BCUT2D eigenvalue weighted by Crippen LogP contribution is 2.30. The number of piperidine rings is 1. The Morgan fingerprint density at radius 1 is 1.40 bits per heavy atom. The number of halogens is 2. The molecular weight excluding hydrogens is 317 g/mol. The first-order chi connectivity index (χ1) is 9.60. The molecule has 2 rings (SSSR count). The molecule has 1 fully saturated rings. The number of benzene rings is 1. The Kier molecular flexibility index (Phi) is 6.02. The summed E-state index contributed by atoms with van der Waals surface area (Å²) in [6, 6.07) is 5.28. The highest BCUT2D eigenvalue weighted by Gasteiger charge is 2.22. The van der Waals surface area contributed by atoms with Crippen molar-refractivity contribution in [3.63, 3.8) is 0 Å². The van der Waals surface area contributed by atoms with Crippen LogP contribution in [0.15, 0.2) is 23.1 Å². The van der Waals surface area contributed by atoms with Crippen LogP contribution in [0.2, 0.25) is 10.0 Å². The second kappa shape index (κ2) is 7.55. The van der Waals surface area contributed by atoms with Crippen LogP contribution >= 0.6 is 35.0 Å². The normalized spacial score (nSPS) is 16.4. The summed E-state index contributed by atoms with van der Waals surface area (Å²) in [4.78, 5) is 14.9. The van der Waals surface area contributed by atoms with E-state index in [1.807, 2.05) is 4.90 Å². The molecule has 1 aromatic rings. The second-order valence-electron chi connectivity index (χ2n) is 4.68. The Morgan fingerprint density at radius 3 is 2.75 bits per heavy atom. The highest BCUT2D eigenvalue weighted by molar-refractivity contribution is 8.00.